The lowest BCUT2D eigenvalue weighted by Gasteiger charge is -2.50. The number of phenols is 1. The highest BCUT2D eigenvalue weighted by Gasteiger charge is 2.70. The topological polar surface area (TPSA) is 116 Å². The maximum atomic E-state index is 15.4. The van der Waals surface area contributed by atoms with Gasteiger partial charge in [-0.15, -0.1) is 0 Å². The molecule has 4 amide bonds. The minimum atomic E-state index is -1.52. The molecule has 2 heterocycles. The second kappa shape index (κ2) is 14.1. The van der Waals surface area contributed by atoms with Crippen LogP contribution in [0.25, 0.3) is 0 Å². The molecular weight excluding hydrogens is 738 g/mol. The molecule has 9 nitrogen and oxygen atoms in total. The van der Waals surface area contributed by atoms with Crippen LogP contribution in [0.5, 0.6) is 11.5 Å². The van der Waals surface area contributed by atoms with Gasteiger partial charge >= 0.3 is 0 Å². The van der Waals surface area contributed by atoms with E-state index >= 15 is 4.79 Å². The highest BCUT2D eigenvalue weighted by Crippen LogP contribution is 2.65. The summed E-state index contributed by atoms with van der Waals surface area (Å²) in [5.74, 6) is -5.21. The van der Waals surface area contributed by atoms with Gasteiger partial charge < -0.3 is 9.84 Å². The number of aryl methyl sites for hydroxylation is 2. The zero-order chi connectivity index (χ0) is 39.6. The zero-order valence-corrected chi connectivity index (χ0v) is 32.1. The van der Waals surface area contributed by atoms with Crippen LogP contribution in [0, 0.1) is 37.5 Å². The number of benzene rings is 5. The molecule has 0 bridgehead atoms. The van der Waals surface area contributed by atoms with Gasteiger partial charge in [0.1, 0.15) is 18.1 Å². The van der Waals surface area contributed by atoms with Crippen molar-refractivity contribution in [2.75, 3.05) is 10.3 Å². The summed E-state index contributed by atoms with van der Waals surface area (Å²) in [6, 6.07) is 36.5. The lowest BCUT2D eigenvalue weighted by atomic mass is 9.49. The highest BCUT2D eigenvalue weighted by atomic mass is 35.5. The van der Waals surface area contributed by atoms with Crippen LogP contribution in [0.2, 0.25) is 5.02 Å². The second-order valence-electron chi connectivity index (χ2n) is 15.5. The van der Waals surface area contributed by atoms with Gasteiger partial charge in [-0.05, 0) is 79.6 Å². The summed E-state index contributed by atoms with van der Waals surface area (Å²) in [6.45, 7) is 4.09. The Balaban J connectivity index is 1.19. The van der Waals surface area contributed by atoms with Gasteiger partial charge in [-0.25, -0.2) is 4.90 Å². The van der Waals surface area contributed by atoms with E-state index in [0.29, 0.717) is 33.3 Å². The molecule has 1 saturated carbocycles. The first-order valence-electron chi connectivity index (χ1n) is 19.2. The van der Waals surface area contributed by atoms with Crippen molar-refractivity contribution in [1.82, 2.24) is 5.01 Å². The normalized spacial score (nSPS) is 25.2. The largest absolute Gasteiger partial charge is 0.508 e. The summed E-state index contributed by atoms with van der Waals surface area (Å²) in [5, 5.41) is 13.6. The van der Waals surface area contributed by atoms with Crippen molar-refractivity contribution < 1.29 is 29.0 Å². The fourth-order valence-corrected chi connectivity index (χ4v) is 9.84. The SMILES string of the molecule is Cc1ccc(NN2C(=O)[C@@H]3C[C@@H]4C(=CC[C@@H]5C(=O)N(c6ccc(C)c(Cl)c6)C(=O)[C@@H]54)[C@H](c4ccc(OCc5ccccc5)cc4O)[C@]3(c3ccccc3)C2=O)cc1. The lowest BCUT2D eigenvalue weighted by molar-refractivity contribution is -0.138. The third kappa shape index (κ3) is 5.82. The molecule has 0 aromatic heterocycles. The summed E-state index contributed by atoms with van der Waals surface area (Å²) >= 11 is 6.49. The van der Waals surface area contributed by atoms with Crippen molar-refractivity contribution >= 4 is 46.6 Å². The van der Waals surface area contributed by atoms with E-state index in [1.165, 1.54) is 4.90 Å². The highest BCUT2D eigenvalue weighted by molar-refractivity contribution is 6.32. The van der Waals surface area contributed by atoms with Gasteiger partial charge in [-0.1, -0.05) is 114 Å². The Morgan fingerprint density at radius 3 is 2.23 bits per heavy atom. The zero-order valence-electron chi connectivity index (χ0n) is 31.4. The summed E-state index contributed by atoms with van der Waals surface area (Å²) in [6.07, 6.45) is 2.35. The Hall–Kier alpha value is -6.19. The molecule has 3 fully saturated rings. The Bertz CT molecular complexity index is 2470. The standard InChI is InChI=1S/C47H40ClN3O6/c1-27-13-16-31(17-14-27)49-51-44(54)38-25-37-34(21-22-36-41(37)45(55)50(43(36)53)32-18-15-28(2)39(48)23-32)42(47(38,46(51)56)30-11-7-4-8-12-30)35-20-19-33(24-40(35)52)57-26-29-9-5-3-6-10-29/h3-21,23-24,36-38,41-42,49,52H,22,25-26H2,1-2H3/t36-,37+,38-,41-,42+,47+/m0/s1. The van der Waals surface area contributed by atoms with E-state index in [2.05, 4.69) is 5.43 Å². The molecule has 9 rings (SSSR count). The van der Waals surface area contributed by atoms with Gasteiger partial charge in [-0.3, -0.25) is 24.6 Å². The Labute approximate surface area is 335 Å². The van der Waals surface area contributed by atoms with Crippen LogP contribution < -0.4 is 15.1 Å². The van der Waals surface area contributed by atoms with E-state index < -0.39 is 46.8 Å². The first-order valence-corrected chi connectivity index (χ1v) is 19.6. The number of nitrogens with one attached hydrogen (secondary N) is 1. The number of hydrazine groups is 1. The van der Waals surface area contributed by atoms with E-state index in [1.807, 2.05) is 105 Å². The summed E-state index contributed by atoms with van der Waals surface area (Å²) < 4.78 is 6.09. The second-order valence-corrected chi connectivity index (χ2v) is 15.9. The molecule has 2 saturated heterocycles. The third-order valence-electron chi connectivity index (χ3n) is 12.4. The van der Waals surface area contributed by atoms with E-state index in [0.717, 1.165) is 27.3 Å². The number of carbonyl (C=O) groups excluding carboxylic acids is 4. The average Bonchev–Trinajstić information content (AvgIpc) is 3.60. The Morgan fingerprint density at radius 1 is 0.807 bits per heavy atom. The van der Waals surface area contributed by atoms with Gasteiger partial charge in [0.25, 0.3) is 11.8 Å². The van der Waals surface area contributed by atoms with Crippen LogP contribution in [-0.2, 0) is 31.2 Å². The summed E-state index contributed by atoms with van der Waals surface area (Å²) in [7, 11) is 0. The quantitative estimate of drug-likeness (QED) is 0.120. The van der Waals surface area contributed by atoms with E-state index in [9.17, 15) is 19.5 Å². The minimum Gasteiger partial charge on any atom is -0.508 e. The van der Waals surface area contributed by atoms with Crippen LogP contribution in [0.4, 0.5) is 11.4 Å². The molecule has 57 heavy (non-hydrogen) atoms. The summed E-state index contributed by atoms with van der Waals surface area (Å²) in [4.78, 5) is 60.5. The molecule has 5 aromatic rings. The van der Waals surface area contributed by atoms with Crippen molar-refractivity contribution in [1.29, 1.82) is 0 Å². The fourth-order valence-electron chi connectivity index (χ4n) is 9.67. The third-order valence-corrected chi connectivity index (χ3v) is 12.8. The number of carbonyl (C=O) groups is 4. The number of rotatable bonds is 8. The molecule has 2 N–H and O–H groups in total. The number of ether oxygens (including phenoxy) is 1. The number of aromatic hydroxyl groups is 1. The lowest BCUT2D eigenvalue weighted by Crippen LogP contribution is -2.53. The van der Waals surface area contributed by atoms with E-state index in [4.69, 9.17) is 16.3 Å². The molecule has 0 spiro atoms. The molecule has 5 aromatic carbocycles. The van der Waals surface area contributed by atoms with Crippen molar-refractivity contribution in [3.05, 3.63) is 166 Å². The van der Waals surface area contributed by atoms with Gasteiger partial charge in [0.05, 0.1) is 34.5 Å². The van der Waals surface area contributed by atoms with Crippen molar-refractivity contribution in [3.63, 3.8) is 0 Å². The van der Waals surface area contributed by atoms with Gasteiger partial charge in [0, 0.05) is 22.6 Å². The molecule has 286 valence electrons. The molecule has 2 aliphatic carbocycles. The monoisotopic (exact) mass is 777 g/mol. The number of amides is 4. The molecule has 10 heteroatoms. The molecule has 0 radical (unpaired) electrons. The predicted molar refractivity (Wildman–Crippen MR) is 216 cm³/mol. The van der Waals surface area contributed by atoms with Crippen molar-refractivity contribution in [2.24, 2.45) is 23.7 Å². The van der Waals surface area contributed by atoms with Gasteiger partial charge in [0.15, 0.2) is 0 Å². The van der Waals surface area contributed by atoms with Gasteiger partial charge in [0.2, 0.25) is 11.8 Å². The summed E-state index contributed by atoms with van der Waals surface area (Å²) in [5.41, 5.74) is 7.12. The van der Waals surface area contributed by atoms with Gasteiger partial charge in [-0.2, -0.15) is 5.01 Å². The van der Waals surface area contributed by atoms with E-state index in [-0.39, 0.29) is 37.0 Å². The molecule has 4 aliphatic rings. The van der Waals surface area contributed by atoms with Crippen LogP contribution in [0.15, 0.2) is 133 Å². The number of anilines is 2. The van der Waals surface area contributed by atoms with Crippen molar-refractivity contribution in [3.8, 4) is 11.5 Å². The average molecular weight is 778 g/mol. The number of phenolic OH excluding ortho intramolecular Hbond substituents is 1. The number of imide groups is 2. The maximum Gasteiger partial charge on any atom is 0.260 e. The Kier molecular flexibility index (Phi) is 9.00. The number of hydrogen-bond acceptors (Lipinski definition) is 7. The first kappa shape index (κ1) is 36.4. The fraction of sp³-hybridized carbons (Fsp3) is 0.234. The van der Waals surface area contributed by atoms with Crippen LogP contribution in [0.1, 0.15) is 46.6 Å². The van der Waals surface area contributed by atoms with E-state index in [1.54, 1.807) is 36.4 Å². The van der Waals surface area contributed by atoms with Crippen molar-refractivity contribution in [2.45, 2.75) is 44.6 Å². The molecule has 6 atom stereocenters. The molecule has 0 unspecified atom stereocenters. The number of hydrogen-bond donors (Lipinski definition) is 2. The maximum absolute atomic E-state index is 15.4. The number of halogens is 1. The number of nitrogens with zero attached hydrogens (tertiary/aromatic N) is 2. The number of fused-ring (bicyclic) bond motifs is 4. The first-order chi connectivity index (χ1) is 27.6. The Morgan fingerprint density at radius 2 is 1.53 bits per heavy atom. The molecule has 2 aliphatic heterocycles. The molecular formula is C47H40ClN3O6. The predicted octanol–water partition coefficient (Wildman–Crippen LogP) is 8.43. The van der Waals surface area contributed by atoms with Crippen LogP contribution in [0.3, 0.4) is 0 Å². The van der Waals surface area contributed by atoms with Crippen LogP contribution in [-0.4, -0.2) is 33.7 Å². The van der Waals surface area contributed by atoms with Crippen LogP contribution >= 0.6 is 11.6 Å². The smallest absolute Gasteiger partial charge is 0.260 e. The number of allylic oxidation sites excluding steroid dienone is 2. The minimum absolute atomic E-state index is 0.113.